The first-order chi connectivity index (χ1) is 9.40. The highest BCUT2D eigenvalue weighted by Gasteiger charge is 2.16. The van der Waals surface area contributed by atoms with Crippen LogP contribution in [-0.4, -0.2) is 10.1 Å². The van der Waals surface area contributed by atoms with Gasteiger partial charge >= 0.3 is 0 Å². The Kier molecular flexibility index (Phi) is 3.05. The zero-order valence-corrected chi connectivity index (χ0v) is 12.6. The van der Waals surface area contributed by atoms with E-state index in [4.69, 9.17) is 4.42 Å². The summed E-state index contributed by atoms with van der Waals surface area (Å²) < 4.78 is 5.79. The first-order valence-electron chi connectivity index (χ1n) is 6.58. The summed E-state index contributed by atoms with van der Waals surface area (Å²) in [5.41, 5.74) is 2.09. The summed E-state index contributed by atoms with van der Waals surface area (Å²) >= 11 is 1.60. The molecule has 0 amide bonds. The highest BCUT2D eigenvalue weighted by atomic mass is 32.1. The molecule has 0 saturated carbocycles. The lowest BCUT2D eigenvalue weighted by molar-refractivity contribution is 0.407. The predicted octanol–water partition coefficient (Wildman–Crippen LogP) is 4.85. The van der Waals surface area contributed by atoms with Crippen LogP contribution in [0.1, 0.15) is 26.5 Å². The molecule has 20 heavy (non-hydrogen) atoms. The quantitative estimate of drug-likeness (QED) is 0.732. The molecule has 0 unspecified atom stereocenters. The summed E-state index contributed by atoms with van der Waals surface area (Å²) in [5, 5.41) is 13.4. The number of phenols is 1. The maximum absolute atomic E-state index is 9.49. The second-order valence-corrected chi connectivity index (χ2v) is 7.07. The maximum Gasteiger partial charge on any atom is 0.164 e. The number of rotatable bonds is 2. The molecule has 0 aliphatic carbocycles. The summed E-state index contributed by atoms with van der Waals surface area (Å²) in [7, 11) is 0. The number of hydrogen-bond donors (Lipinski definition) is 1. The van der Waals surface area contributed by atoms with Crippen LogP contribution >= 0.6 is 11.3 Å². The number of fused-ring (bicyclic) bond motifs is 1. The van der Waals surface area contributed by atoms with Gasteiger partial charge < -0.3 is 9.52 Å². The van der Waals surface area contributed by atoms with Gasteiger partial charge in [0.2, 0.25) is 0 Å². The van der Waals surface area contributed by atoms with Gasteiger partial charge in [0.05, 0.1) is 5.69 Å². The average Bonchev–Trinajstić information content (AvgIpc) is 2.92. The number of aromatic nitrogens is 1. The van der Waals surface area contributed by atoms with Gasteiger partial charge in [0.25, 0.3) is 0 Å². The lowest BCUT2D eigenvalue weighted by Crippen LogP contribution is -2.09. The van der Waals surface area contributed by atoms with E-state index in [2.05, 4.69) is 31.1 Å². The molecule has 3 aromatic rings. The van der Waals surface area contributed by atoms with E-state index in [0.717, 1.165) is 33.9 Å². The zero-order valence-electron chi connectivity index (χ0n) is 11.8. The Morgan fingerprint density at radius 2 is 2.05 bits per heavy atom. The molecule has 104 valence electrons. The molecule has 3 nitrogen and oxygen atoms in total. The number of hydrogen-bond acceptors (Lipinski definition) is 4. The summed E-state index contributed by atoms with van der Waals surface area (Å²) in [6, 6.07) is 7.03. The second kappa shape index (κ2) is 4.63. The van der Waals surface area contributed by atoms with Crippen LogP contribution in [0.2, 0.25) is 0 Å². The van der Waals surface area contributed by atoms with Gasteiger partial charge in [-0.1, -0.05) is 20.8 Å². The molecule has 0 radical (unpaired) electrons. The lowest BCUT2D eigenvalue weighted by atomic mass is 9.91. The van der Waals surface area contributed by atoms with Crippen molar-refractivity contribution in [1.29, 1.82) is 0 Å². The van der Waals surface area contributed by atoms with Gasteiger partial charge in [0.1, 0.15) is 11.3 Å². The van der Waals surface area contributed by atoms with Gasteiger partial charge in [-0.05, 0) is 36.1 Å². The minimum atomic E-state index is 0.227. The fraction of sp³-hybridized carbons (Fsp3) is 0.312. The Bertz CT molecular complexity index is 749. The van der Waals surface area contributed by atoms with Gasteiger partial charge in [-0.3, -0.25) is 0 Å². The van der Waals surface area contributed by atoms with Gasteiger partial charge in [0, 0.05) is 10.8 Å². The molecule has 0 saturated heterocycles. The van der Waals surface area contributed by atoms with E-state index >= 15 is 0 Å². The first-order valence-corrected chi connectivity index (χ1v) is 7.46. The molecule has 0 atom stereocenters. The van der Waals surface area contributed by atoms with E-state index in [9.17, 15) is 5.11 Å². The molecule has 3 rings (SSSR count). The highest BCUT2D eigenvalue weighted by molar-refractivity contribution is 7.13. The third kappa shape index (κ3) is 2.70. The number of nitrogens with zero attached hydrogens (tertiary/aromatic N) is 1. The molecule has 0 spiro atoms. The minimum absolute atomic E-state index is 0.227. The molecule has 2 heterocycles. The molecule has 1 aromatic carbocycles. The molecular weight excluding hydrogens is 270 g/mol. The van der Waals surface area contributed by atoms with Crippen molar-refractivity contribution in [2.24, 2.45) is 5.41 Å². The predicted molar refractivity (Wildman–Crippen MR) is 82.1 cm³/mol. The second-order valence-electron chi connectivity index (χ2n) is 6.21. The number of phenolic OH excluding ortho intramolecular Hbond substituents is 1. The molecule has 0 bridgehead atoms. The fourth-order valence-electron chi connectivity index (χ4n) is 2.18. The van der Waals surface area contributed by atoms with Crippen molar-refractivity contribution in [2.75, 3.05) is 0 Å². The fourth-order valence-corrected chi connectivity index (χ4v) is 2.95. The molecular formula is C16H17NO2S. The van der Waals surface area contributed by atoms with Crippen molar-refractivity contribution in [2.45, 2.75) is 27.2 Å². The van der Waals surface area contributed by atoms with Crippen molar-refractivity contribution in [3.63, 3.8) is 0 Å². The summed E-state index contributed by atoms with van der Waals surface area (Å²) in [4.78, 5) is 4.65. The van der Waals surface area contributed by atoms with Gasteiger partial charge in [-0.2, -0.15) is 0 Å². The lowest BCUT2D eigenvalue weighted by Gasteiger charge is -2.15. The van der Waals surface area contributed by atoms with Gasteiger partial charge in [-0.25, -0.2) is 4.98 Å². The minimum Gasteiger partial charge on any atom is -0.508 e. The Morgan fingerprint density at radius 3 is 2.80 bits per heavy atom. The van der Waals surface area contributed by atoms with Gasteiger partial charge in [-0.15, -0.1) is 11.3 Å². The van der Waals surface area contributed by atoms with E-state index in [1.54, 1.807) is 29.5 Å². The third-order valence-corrected chi connectivity index (χ3v) is 3.88. The Hall–Kier alpha value is -1.81. The molecule has 1 N–H and O–H groups in total. The smallest absolute Gasteiger partial charge is 0.164 e. The first kappa shape index (κ1) is 13.2. The van der Waals surface area contributed by atoms with E-state index in [-0.39, 0.29) is 11.2 Å². The third-order valence-electron chi connectivity index (χ3n) is 2.97. The van der Waals surface area contributed by atoms with Crippen LogP contribution < -0.4 is 0 Å². The van der Waals surface area contributed by atoms with Crippen LogP contribution in [0.25, 0.3) is 21.7 Å². The van der Waals surface area contributed by atoms with Crippen LogP contribution in [0, 0.1) is 5.41 Å². The average molecular weight is 287 g/mol. The number of aromatic hydroxyl groups is 1. The van der Waals surface area contributed by atoms with E-state index in [1.807, 2.05) is 6.07 Å². The molecule has 0 fully saturated rings. The normalized spacial score (nSPS) is 12.2. The maximum atomic E-state index is 9.49. The molecule has 4 heteroatoms. The SMILES string of the molecule is CC(C)(C)Cc1csc(-c2cc3cc(O)ccc3o2)n1. The molecule has 2 aromatic heterocycles. The van der Waals surface area contributed by atoms with Crippen molar-refractivity contribution < 1.29 is 9.52 Å². The summed E-state index contributed by atoms with van der Waals surface area (Å²) in [6.45, 7) is 6.61. The van der Waals surface area contributed by atoms with Crippen molar-refractivity contribution in [3.8, 4) is 16.5 Å². The zero-order chi connectivity index (χ0) is 14.3. The van der Waals surface area contributed by atoms with Crippen LogP contribution in [0.5, 0.6) is 5.75 Å². The Morgan fingerprint density at radius 1 is 1.25 bits per heavy atom. The van der Waals surface area contributed by atoms with Gasteiger partial charge in [0.15, 0.2) is 10.8 Å². The summed E-state index contributed by atoms with van der Waals surface area (Å²) in [6.07, 6.45) is 0.949. The van der Waals surface area contributed by atoms with E-state index in [0.29, 0.717) is 0 Å². The highest BCUT2D eigenvalue weighted by Crippen LogP contribution is 2.32. The van der Waals surface area contributed by atoms with Crippen LogP contribution in [-0.2, 0) is 6.42 Å². The van der Waals surface area contributed by atoms with Crippen molar-refractivity contribution in [1.82, 2.24) is 4.98 Å². The Labute approximate surface area is 121 Å². The van der Waals surface area contributed by atoms with Crippen molar-refractivity contribution in [3.05, 3.63) is 35.3 Å². The largest absolute Gasteiger partial charge is 0.508 e. The topological polar surface area (TPSA) is 46.3 Å². The number of thiazole rings is 1. The number of furan rings is 1. The number of benzene rings is 1. The van der Waals surface area contributed by atoms with Crippen LogP contribution in [0.4, 0.5) is 0 Å². The molecule has 0 aliphatic rings. The van der Waals surface area contributed by atoms with Crippen LogP contribution in [0.15, 0.2) is 34.1 Å². The van der Waals surface area contributed by atoms with E-state index < -0.39 is 0 Å². The Balaban J connectivity index is 1.95. The monoisotopic (exact) mass is 287 g/mol. The summed E-state index contributed by atoms with van der Waals surface area (Å²) in [5.74, 6) is 1.01. The standard InChI is InChI=1S/C16H17NO2S/c1-16(2,3)8-11-9-20-15(17-11)14-7-10-6-12(18)4-5-13(10)19-14/h4-7,9,18H,8H2,1-3H3. The van der Waals surface area contributed by atoms with E-state index in [1.165, 1.54) is 0 Å². The van der Waals surface area contributed by atoms with Crippen LogP contribution in [0.3, 0.4) is 0 Å². The molecule has 0 aliphatic heterocycles. The van der Waals surface area contributed by atoms with Crippen molar-refractivity contribution >= 4 is 22.3 Å².